The highest BCUT2D eigenvalue weighted by atomic mass is 79.9. The number of imidazole rings is 1. The molecule has 4 rings (SSSR count). The number of carbonyl (C=O) groups is 1. The molecule has 0 bridgehead atoms. The summed E-state index contributed by atoms with van der Waals surface area (Å²) >= 11 is 3.48. The number of fused-ring (bicyclic) bond motifs is 1. The van der Waals surface area contributed by atoms with Crippen molar-refractivity contribution in [3.63, 3.8) is 0 Å². The molecular formula is C29H27BrN4O3. The summed E-state index contributed by atoms with van der Waals surface area (Å²) in [5.41, 5.74) is 8.00. The lowest BCUT2D eigenvalue weighted by Gasteiger charge is -2.13. The summed E-state index contributed by atoms with van der Waals surface area (Å²) in [7, 11) is 1.52. The minimum Gasteiger partial charge on any atom is -0.493 e. The number of hydrogen-bond donors (Lipinski definition) is 2. The standard InChI is InChI=1S/C29H27BrN4O3/c1-16-8-22(30)23(9-17(16)2)32-28(35)15-37-26-7-6-20(13-27(26)36-5)12-21(14-31)29-33-24-10-18(3)19(4)11-25(24)34-29/h6-13H,15H2,1-5H3,(H,32,35)(H,33,34)/b21-12+. The number of nitrogens with zero attached hydrogens (tertiary/aromatic N) is 2. The van der Waals surface area contributed by atoms with Crippen LogP contribution in [0.25, 0.3) is 22.7 Å². The van der Waals surface area contributed by atoms with Gasteiger partial charge in [0, 0.05) is 4.47 Å². The van der Waals surface area contributed by atoms with Crippen LogP contribution in [0, 0.1) is 39.0 Å². The predicted molar refractivity (Wildman–Crippen MR) is 150 cm³/mol. The maximum absolute atomic E-state index is 12.5. The van der Waals surface area contributed by atoms with Crippen molar-refractivity contribution in [2.45, 2.75) is 27.7 Å². The first-order valence-corrected chi connectivity index (χ1v) is 12.4. The van der Waals surface area contributed by atoms with E-state index in [0.717, 1.165) is 43.3 Å². The molecule has 0 spiro atoms. The molecule has 37 heavy (non-hydrogen) atoms. The minimum atomic E-state index is -0.294. The maximum atomic E-state index is 12.5. The summed E-state index contributed by atoms with van der Waals surface area (Å²) in [6, 6.07) is 15.4. The fourth-order valence-corrected chi connectivity index (χ4v) is 4.37. The number of aromatic amines is 1. The van der Waals surface area contributed by atoms with Crippen LogP contribution in [0.4, 0.5) is 5.69 Å². The molecule has 7 nitrogen and oxygen atoms in total. The molecule has 0 saturated carbocycles. The Morgan fingerprint density at radius 2 is 1.76 bits per heavy atom. The maximum Gasteiger partial charge on any atom is 0.262 e. The van der Waals surface area contributed by atoms with Gasteiger partial charge in [-0.05, 0) is 114 Å². The van der Waals surface area contributed by atoms with Crippen LogP contribution >= 0.6 is 15.9 Å². The number of nitrogens with one attached hydrogen (secondary N) is 2. The molecule has 188 valence electrons. The number of H-pyrrole nitrogens is 1. The first-order valence-electron chi connectivity index (χ1n) is 11.6. The fraction of sp³-hybridized carbons (Fsp3) is 0.207. The van der Waals surface area contributed by atoms with Gasteiger partial charge in [-0.15, -0.1) is 0 Å². The average molecular weight is 559 g/mol. The molecule has 0 aliphatic carbocycles. The zero-order valence-corrected chi connectivity index (χ0v) is 22.9. The molecular weight excluding hydrogens is 532 g/mol. The number of benzene rings is 3. The van der Waals surface area contributed by atoms with Crippen LogP contribution in [0.15, 0.2) is 46.9 Å². The van der Waals surface area contributed by atoms with Crippen LogP contribution in [-0.2, 0) is 4.79 Å². The Morgan fingerprint density at radius 3 is 2.49 bits per heavy atom. The summed E-state index contributed by atoms with van der Waals surface area (Å²) in [5, 5.41) is 12.7. The zero-order valence-electron chi connectivity index (χ0n) is 21.3. The molecule has 1 heterocycles. The summed E-state index contributed by atoms with van der Waals surface area (Å²) in [4.78, 5) is 20.3. The number of anilines is 1. The third kappa shape index (κ3) is 5.84. The zero-order chi connectivity index (χ0) is 26.7. The second-order valence-corrected chi connectivity index (χ2v) is 9.73. The fourth-order valence-electron chi connectivity index (χ4n) is 3.82. The van der Waals surface area contributed by atoms with Crippen molar-refractivity contribution in [1.29, 1.82) is 5.26 Å². The second kappa shape index (κ2) is 10.9. The number of methoxy groups -OCH3 is 1. The van der Waals surface area contributed by atoms with E-state index in [9.17, 15) is 10.1 Å². The molecule has 0 aliphatic rings. The van der Waals surface area contributed by atoms with E-state index < -0.39 is 0 Å². The number of halogens is 1. The van der Waals surface area contributed by atoms with Crippen molar-refractivity contribution in [1.82, 2.24) is 9.97 Å². The Morgan fingerprint density at radius 1 is 1.05 bits per heavy atom. The molecule has 3 aromatic carbocycles. The number of aromatic nitrogens is 2. The van der Waals surface area contributed by atoms with Gasteiger partial charge >= 0.3 is 0 Å². The molecule has 0 saturated heterocycles. The Hall–Kier alpha value is -4.09. The Balaban J connectivity index is 1.50. The SMILES string of the molecule is COc1cc(/C=C(\C#N)c2nc3cc(C)c(C)cc3[nH]2)ccc1OCC(=O)Nc1cc(C)c(C)cc1Br. The normalized spacial score (nSPS) is 11.3. The van der Waals surface area contributed by atoms with Gasteiger partial charge in [0.15, 0.2) is 18.1 Å². The third-order valence-electron chi connectivity index (χ3n) is 6.19. The Kier molecular flexibility index (Phi) is 7.65. The van der Waals surface area contributed by atoms with Crippen LogP contribution in [0.3, 0.4) is 0 Å². The van der Waals surface area contributed by atoms with Crippen LogP contribution in [0.2, 0.25) is 0 Å². The summed E-state index contributed by atoms with van der Waals surface area (Å²) in [5.74, 6) is 1.07. The first kappa shape index (κ1) is 26.0. The lowest BCUT2D eigenvalue weighted by molar-refractivity contribution is -0.118. The number of amides is 1. The van der Waals surface area contributed by atoms with Gasteiger partial charge in [0.2, 0.25) is 0 Å². The van der Waals surface area contributed by atoms with E-state index in [1.165, 1.54) is 7.11 Å². The van der Waals surface area contributed by atoms with E-state index in [1.54, 1.807) is 24.3 Å². The summed E-state index contributed by atoms with van der Waals surface area (Å²) in [6.07, 6.45) is 1.73. The quantitative estimate of drug-likeness (QED) is 0.247. The van der Waals surface area contributed by atoms with Gasteiger partial charge in [-0.3, -0.25) is 4.79 Å². The van der Waals surface area contributed by atoms with Crippen molar-refractivity contribution in [2.24, 2.45) is 0 Å². The van der Waals surface area contributed by atoms with Crippen LogP contribution in [0.1, 0.15) is 33.6 Å². The van der Waals surface area contributed by atoms with E-state index in [0.29, 0.717) is 28.6 Å². The lowest BCUT2D eigenvalue weighted by Crippen LogP contribution is -2.20. The summed E-state index contributed by atoms with van der Waals surface area (Å²) in [6.45, 7) is 7.89. The van der Waals surface area contributed by atoms with Crippen molar-refractivity contribution in [3.05, 3.63) is 80.6 Å². The molecule has 0 aliphatic heterocycles. The van der Waals surface area contributed by atoms with Crippen LogP contribution in [0.5, 0.6) is 11.5 Å². The minimum absolute atomic E-state index is 0.188. The van der Waals surface area contributed by atoms with Crippen LogP contribution in [-0.4, -0.2) is 29.6 Å². The van der Waals surface area contributed by atoms with Crippen molar-refractivity contribution < 1.29 is 14.3 Å². The number of carbonyl (C=O) groups excluding carboxylic acids is 1. The van der Waals surface area contributed by atoms with Gasteiger partial charge in [-0.1, -0.05) is 6.07 Å². The number of aryl methyl sites for hydroxylation is 4. The number of rotatable bonds is 7. The largest absolute Gasteiger partial charge is 0.493 e. The van der Waals surface area contributed by atoms with Crippen molar-refractivity contribution in [2.75, 3.05) is 19.0 Å². The summed E-state index contributed by atoms with van der Waals surface area (Å²) < 4.78 is 12.0. The molecule has 4 aromatic rings. The van der Waals surface area contributed by atoms with E-state index in [4.69, 9.17) is 9.47 Å². The number of nitriles is 1. The molecule has 0 radical (unpaired) electrons. The molecule has 0 fully saturated rings. The number of allylic oxidation sites excluding steroid dienone is 1. The molecule has 1 amide bonds. The van der Waals surface area contributed by atoms with E-state index in [1.807, 2.05) is 52.0 Å². The van der Waals surface area contributed by atoms with Gasteiger partial charge in [-0.25, -0.2) is 4.98 Å². The van der Waals surface area contributed by atoms with E-state index >= 15 is 0 Å². The predicted octanol–water partition coefficient (Wildman–Crippen LogP) is 6.65. The second-order valence-electron chi connectivity index (χ2n) is 8.87. The molecule has 1 aromatic heterocycles. The Labute approximate surface area is 224 Å². The van der Waals surface area contributed by atoms with Gasteiger partial charge < -0.3 is 19.8 Å². The van der Waals surface area contributed by atoms with Gasteiger partial charge in [0.25, 0.3) is 5.91 Å². The highest BCUT2D eigenvalue weighted by Crippen LogP contribution is 2.31. The van der Waals surface area contributed by atoms with Crippen molar-refractivity contribution in [3.8, 4) is 17.6 Å². The van der Waals surface area contributed by atoms with Gasteiger partial charge in [0.05, 0.1) is 29.4 Å². The lowest BCUT2D eigenvalue weighted by atomic mass is 10.1. The third-order valence-corrected chi connectivity index (χ3v) is 6.84. The molecule has 2 N–H and O–H groups in total. The van der Waals surface area contributed by atoms with Crippen LogP contribution < -0.4 is 14.8 Å². The van der Waals surface area contributed by atoms with Gasteiger partial charge in [0.1, 0.15) is 11.9 Å². The average Bonchev–Trinajstić information content (AvgIpc) is 3.27. The van der Waals surface area contributed by atoms with E-state index in [-0.39, 0.29) is 12.5 Å². The number of ether oxygens (including phenoxy) is 2. The smallest absolute Gasteiger partial charge is 0.262 e. The Bertz CT molecular complexity index is 1540. The molecule has 0 unspecified atom stereocenters. The monoisotopic (exact) mass is 558 g/mol. The van der Waals surface area contributed by atoms with E-state index in [2.05, 4.69) is 37.3 Å². The molecule has 0 atom stereocenters. The first-order chi connectivity index (χ1) is 17.7. The molecule has 8 heteroatoms. The number of hydrogen-bond acceptors (Lipinski definition) is 5. The topological polar surface area (TPSA) is 100 Å². The van der Waals surface area contributed by atoms with Crippen molar-refractivity contribution >= 4 is 50.2 Å². The van der Waals surface area contributed by atoms with Gasteiger partial charge in [-0.2, -0.15) is 5.26 Å². The highest BCUT2D eigenvalue weighted by Gasteiger charge is 2.13. The highest BCUT2D eigenvalue weighted by molar-refractivity contribution is 9.10.